The van der Waals surface area contributed by atoms with Crippen LogP contribution in [0.25, 0.3) is 0 Å². The van der Waals surface area contributed by atoms with Crippen molar-refractivity contribution >= 4 is 29.1 Å². The number of ether oxygens (including phenoxy) is 1. The van der Waals surface area contributed by atoms with Crippen LogP contribution in [0.15, 0.2) is 48.5 Å². The van der Waals surface area contributed by atoms with E-state index in [9.17, 15) is 9.59 Å². The molecule has 2 amide bonds. The van der Waals surface area contributed by atoms with Crippen molar-refractivity contribution in [2.45, 2.75) is 26.3 Å². The monoisotopic (exact) mass is 360 g/mol. The number of halogens is 1. The molecule has 2 aromatic carbocycles. The van der Waals surface area contributed by atoms with Crippen LogP contribution in [0.1, 0.15) is 30.6 Å². The lowest BCUT2D eigenvalue weighted by atomic mass is 10.1. The fourth-order valence-electron chi connectivity index (χ4n) is 2.09. The van der Waals surface area contributed by atoms with E-state index < -0.39 is 0 Å². The third kappa shape index (κ3) is 5.50. The largest absolute Gasteiger partial charge is 0.482 e. The van der Waals surface area contributed by atoms with Crippen molar-refractivity contribution in [2.24, 2.45) is 0 Å². The maximum Gasteiger partial charge on any atom is 0.262 e. The average molecular weight is 361 g/mol. The first-order valence-electron chi connectivity index (χ1n) is 8.08. The fourth-order valence-corrected chi connectivity index (χ4v) is 2.28. The molecule has 0 radical (unpaired) electrons. The summed E-state index contributed by atoms with van der Waals surface area (Å²) in [6.45, 7) is 3.71. The molecule has 0 spiro atoms. The Morgan fingerprint density at radius 2 is 1.80 bits per heavy atom. The number of anilines is 1. The zero-order chi connectivity index (χ0) is 18.2. The van der Waals surface area contributed by atoms with Gasteiger partial charge in [-0.3, -0.25) is 9.59 Å². The molecule has 0 aliphatic carbocycles. The molecule has 5 nitrogen and oxygen atoms in total. The lowest BCUT2D eigenvalue weighted by Gasteiger charge is -2.15. The Kier molecular flexibility index (Phi) is 6.83. The number of carbonyl (C=O) groups is 2. The second kappa shape index (κ2) is 9.08. The van der Waals surface area contributed by atoms with E-state index in [4.69, 9.17) is 16.3 Å². The van der Waals surface area contributed by atoms with Gasteiger partial charge in [-0.05, 0) is 37.6 Å². The number of rotatable bonds is 7. The van der Waals surface area contributed by atoms with Crippen LogP contribution in [0, 0.1) is 0 Å². The van der Waals surface area contributed by atoms with Gasteiger partial charge in [-0.15, -0.1) is 0 Å². The van der Waals surface area contributed by atoms with E-state index in [-0.39, 0.29) is 24.5 Å². The van der Waals surface area contributed by atoms with E-state index in [2.05, 4.69) is 10.6 Å². The number of amides is 2. The van der Waals surface area contributed by atoms with Crippen molar-refractivity contribution in [3.63, 3.8) is 0 Å². The Morgan fingerprint density at radius 3 is 2.52 bits per heavy atom. The topological polar surface area (TPSA) is 67.4 Å². The highest BCUT2D eigenvalue weighted by Gasteiger charge is 2.15. The zero-order valence-electron chi connectivity index (χ0n) is 14.2. The molecule has 0 aliphatic rings. The highest BCUT2D eigenvalue weighted by atomic mass is 35.5. The molecule has 1 atom stereocenters. The minimum absolute atomic E-state index is 0.0554. The number of carbonyl (C=O) groups excluding carboxylic acids is 2. The van der Waals surface area contributed by atoms with Crippen LogP contribution >= 0.6 is 11.6 Å². The van der Waals surface area contributed by atoms with Crippen molar-refractivity contribution < 1.29 is 14.3 Å². The van der Waals surface area contributed by atoms with Gasteiger partial charge in [-0.25, -0.2) is 0 Å². The highest BCUT2D eigenvalue weighted by molar-refractivity contribution is 6.32. The van der Waals surface area contributed by atoms with E-state index in [0.717, 1.165) is 6.42 Å². The van der Waals surface area contributed by atoms with Crippen LogP contribution in [0.5, 0.6) is 5.75 Å². The first kappa shape index (κ1) is 18.8. The van der Waals surface area contributed by atoms with Gasteiger partial charge in [0.2, 0.25) is 0 Å². The zero-order valence-corrected chi connectivity index (χ0v) is 15.0. The van der Waals surface area contributed by atoms with Crippen LogP contribution in [0.2, 0.25) is 5.02 Å². The van der Waals surface area contributed by atoms with E-state index >= 15 is 0 Å². The first-order valence-corrected chi connectivity index (χ1v) is 8.46. The average Bonchev–Trinajstić information content (AvgIpc) is 2.61. The molecule has 25 heavy (non-hydrogen) atoms. The summed E-state index contributed by atoms with van der Waals surface area (Å²) in [6, 6.07) is 13.8. The molecule has 6 heteroatoms. The summed E-state index contributed by atoms with van der Waals surface area (Å²) in [5.74, 6) is -0.164. The summed E-state index contributed by atoms with van der Waals surface area (Å²) >= 11 is 5.99. The maximum absolute atomic E-state index is 12.3. The standard InChI is InChI=1S/C19H21ClN2O3/c1-3-13(2)21-19(24)14-8-4-6-10-16(14)22-18(23)12-25-17-11-7-5-9-15(17)20/h4-11,13H,3,12H2,1-2H3,(H,21,24)(H,22,23). The van der Waals surface area contributed by atoms with Crippen LogP contribution in [-0.4, -0.2) is 24.5 Å². The number of benzene rings is 2. The van der Waals surface area contributed by atoms with Crippen molar-refractivity contribution in [2.75, 3.05) is 11.9 Å². The molecular formula is C19H21ClN2O3. The number of nitrogens with one attached hydrogen (secondary N) is 2. The van der Waals surface area contributed by atoms with Gasteiger partial charge >= 0.3 is 0 Å². The molecule has 2 rings (SSSR count). The summed E-state index contributed by atoms with van der Waals surface area (Å²) in [6.07, 6.45) is 0.825. The quantitative estimate of drug-likeness (QED) is 0.787. The minimum atomic E-state index is -0.372. The molecule has 0 fully saturated rings. The Morgan fingerprint density at radius 1 is 1.12 bits per heavy atom. The molecule has 2 aromatic rings. The molecule has 0 aliphatic heterocycles. The number of para-hydroxylation sites is 2. The molecule has 0 saturated heterocycles. The van der Waals surface area contributed by atoms with Gasteiger partial charge in [0.25, 0.3) is 11.8 Å². The molecular weight excluding hydrogens is 340 g/mol. The normalized spacial score (nSPS) is 11.5. The van der Waals surface area contributed by atoms with Gasteiger partial charge in [-0.1, -0.05) is 42.8 Å². The second-order valence-corrected chi connectivity index (χ2v) is 6.00. The van der Waals surface area contributed by atoms with Crippen molar-refractivity contribution in [3.05, 3.63) is 59.1 Å². The second-order valence-electron chi connectivity index (χ2n) is 5.60. The molecule has 0 saturated carbocycles. The van der Waals surface area contributed by atoms with Gasteiger partial charge in [0.05, 0.1) is 16.3 Å². The summed E-state index contributed by atoms with van der Waals surface area (Å²) in [5, 5.41) is 6.02. The van der Waals surface area contributed by atoms with Crippen LogP contribution < -0.4 is 15.4 Å². The fraction of sp³-hybridized carbons (Fsp3) is 0.263. The number of hydrogen-bond donors (Lipinski definition) is 2. The Balaban J connectivity index is 2.01. The maximum atomic E-state index is 12.3. The van der Waals surface area contributed by atoms with Gasteiger partial charge < -0.3 is 15.4 Å². The summed E-state index contributed by atoms with van der Waals surface area (Å²) in [7, 11) is 0. The van der Waals surface area contributed by atoms with Gasteiger partial charge in [-0.2, -0.15) is 0 Å². The number of hydrogen-bond acceptors (Lipinski definition) is 3. The van der Waals surface area contributed by atoms with E-state index in [1.165, 1.54) is 0 Å². The summed E-state index contributed by atoms with van der Waals surface area (Å²) in [5.41, 5.74) is 0.852. The van der Waals surface area contributed by atoms with Crippen molar-refractivity contribution in [3.8, 4) is 5.75 Å². The van der Waals surface area contributed by atoms with E-state index in [1.807, 2.05) is 13.8 Å². The van der Waals surface area contributed by atoms with Gasteiger partial charge in [0.1, 0.15) is 5.75 Å². The van der Waals surface area contributed by atoms with Gasteiger partial charge in [0.15, 0.2) is 6.61 Å². The summed E-state index contributed by atoms with van der Waals surface area (Å²) < 4.78 is 5.41. The molecule has 1 unspecified atom stereocenters. The third-order valence-corrected chi connectivity index (χ3v) is 3.94. The molecule has 0 heterocycles. The molecule has 0 aromatic heterocycles. The first-order chi connectivity index (χ1) is 12.0. The third-order valence-electron chi connectivity index (χ3n) is 3.63. The molecule has 132 valence electrons. The predicted molar refractivity (Wildman–Crippen MR) is 99.2 cm³/mol. The van der Waals surface area contributed by atoms with Crippen LogP contribution in [0.4, 0.5) is 5.69 Å². The Hall–Kier alpha value is -2.53. The van der Waals surface area contributed by atoms with Gasteiger partial charge in [0, 0.05) is 6.04 Å². The Labute approximate surface area is 152 Å². The molecule has 0 bridgehead atoms. The summed E-state index contributed by atoms with van der Waals surface area (Å²) in [4.78, 5) is 24.5. The smallest absolute Gasteiger partial charge is 0.262 e. The van der Waals surface area contributed by atoms with E-state index in [0.29, 0.717) is 22.0 Å². The van der Waals surface area contributed by atoms with Crippen molar-refractivity contribution in [1.29, 1.82) is 0 Å². The predicted octanol–water partition coefficient (Wildman–Crippen LogP) is 3.89. The molecule has 2 N–H and O–H groups in total. The van der Waals surface area contributed by atoms with Crippen molar-refractivity contribution in [1.82, 2.24) is 5.32 Å². The minimum Gasteiger partial charge on any atom is -0.482 e. The lowest BCUT2D eigenvalue weighted by Crippen LogP contribution is -2.33. The highest BCUT2D eigenvalue weighted by Crippen LogP contribution is 2.23. The lowest BCUT2D eigenvalue weighted by molar-refractivity contribution is -0.118. The van der Waals surface area contributed by atoms with Crippen LogP contribution in [-0.2, 0) is 4.79 Å². The van der Waals surface area contributed by atoms with Crippen LogP contribution in [0.3, 0.4) is 0 Å². The SMILES string of the molecule is CCC(C)NC(=O)c1ccccc1NC(=O)COc1ccccc1Cl. The van der Waals surface area contributed by atoms with E-state index in [1.54, 1.807) is 48.5 Å². The Bertz CT molecular complexity index is 749.